The van der Waals surface area contributed by atoms with Gasteiger partial charge in [-0.3, -0.25) is 0 Å². The number of anilines is 2. The Bertz CT molecular complexity index is 384. The Morgan fingerprint density at radius 3 is 2.62 bits per heavy atom. The number of nitrogen functional groups attached to an aromatic ring is 1. The molecule has 0 spiro atoms. The van der Waals surface area contributed by atoms with Gasteiger partial charge in [-0.1, -0.05) is 0 Å². The fourth-order valence-electron chi connectivity index (χ4n) is 0.957. The fourth-order valence-corrected chi connectivity index (χ4v) is 0.957. The van der Waals surface area contributed by atoms with Crippen LogP contribution in [0.25, 0.3) is 0 Å². The third kappa shape index (κ3) is 2.94. The van der Waals surface area contributed by atoms with E-state index >= 15 is 0 Å². The van der Waals surface area contributed by atoms with Gasteiger partial charge in [0.05, 0.1) is 14.2 Å². The number of ether oxygens (including phenoxy) is 2. The van der Waals surface area contributed by atoms with Crippen LogP contribution >= 0.6 is 0 Å². The Labute approximate surface area is 92.2 Å². The van der Waals surface area contributed by atoms with Crippen molar-refractivity contribution in [2.45, 2.75) is 13.0 Å². The highest BCUT2D eigenvalue weighted by Gasteiger charge is 2.15. The number of esters is 1. The molecule has 88 valence electrons. The van der Waals surface area contributed by atoms with Gasteiger partial charge in [-0.25, -0.2) is 4.79 Å². The molecule has 0 radical (unpaired) electrons. The van der Waals surface area contributed by atoms with Gasteiger partial charge in [-0.2, -0.15) is 15.0 Å². The molecule has 16 heavy (non-hydrogen) atoms. The molecule has 1 unspecified atom stereocenters. The largest absolute Gasteiger partial charge is 0.467 e. The Balaban J connectivity index is 2.80. The van der Waals surface area contributed by atoms with Crippen molar-refractivity contribution in [3.05, 3.63) is 0 Å². The number of nitrogens with two attached hydrogens (primary N) is 1. The molecule has 8 heteroatoms. The summed E-state index contributed by atoms with van der Waals surface area (Å²) in [4.78, 5) is 22.5. The van der Waals surface area contributed by atoms with Gasteiger partial charge < -0.3 is 20.5 Å². The van der Waals surface area contributed by atoms with E-state index in [1.54, 1.807) is 6.92 Å². The van der Waals surface area contributed by atoms with Crippen LogP contribution < -0.4 is 15.8 Å². The van der Waals surface area contributed by atoms with Crippen molar-refractivity contribution in [1.82, 2.24) is 15.0 Å². The predicted molar refractivity (Wildman–Crippen MR) is 55.9 cm³/mol. The molecule has 0 aliphatic carbocycles. The van der Waals surface area contributed by atoms with Crippen LogP contribution in [0.2, 0.25) is 0 Å². The van der Waals surface area contributed by atoms with E-state index in [9.17, 15) is 4.79 Å². The molecule has 0 fully saturated rings. The van der Waals surface area contributed by atoms with Gasteiger partial charge in [-0.15, -0.1) is 0 Å². The molecule has 0 saturated carbocycles. The lowest BCUT2D eigenvalue weighted by atomic mass is 10.3. The number of carbonyl (C=O) groups is 1. The molecule has 8 nitrogen and oxygen atoms in total. The van der Waals surface area contributed by atoms with Gasteiger partial charge in [0.15, 0.2) is 0 Å². The Hall–Kier alpha value is -2.12. The third-order valence-electron chi connectivity index (χ3n) is 1.72. The average Bonchev–Trinajstić information content (AvgIpc) is 2.26. The van der Waals surface area contributed by atoms with Crippen molar-refractivity contribution < 1.29 is 14.3 Å². The Morgan fingerprint density at radius 1 is 1.38 bits per heavy atom. The molecule has 0 amide bonds. The third-order valence-corrected chi connectivity index (χ3v) is 1.72. The number of carbonyl (C=O) groups excluding carboxylic acids is 1. The van der Waals surface area contributed by atoms with Gasteiger partial charge in [0.2, 0.25) is 11.9 Å². The second kappa shape index (κ2) is 5.10. The summed E-state index contributed by atoms with van der Waals surface area (Å²) in [6.45, 7) is 1.61. The first kappa shape index (κ1) is 12.0. The SMILES string of the molecule is COC(=O)C(C)Nc1nc(N)nc(OC)n1. The second-order valence-corrected chi connectivity index (χ2v) is 2.89. The molecular weight excluding hydrogens is 214 g/mol. The zero-order valence-corrected chi connectivity index (χ0v) is 9.22. The first-order valence-electron chi connectivity index (χ1n) is 4.46. The van der Waals surface area contributed by atoms with E-state index in [2.05, 4.69) is 25.0 Å². The summed E-state index contributed by atoms with van der Waals surface area (Å²) in [6.07, 6.45) is 0. The van der Waals surface area contributed by atoms with Crippen molar-refractivity contribution in [2.24, 2.45) is 0 Å². The summed E-state index contributed by atoms with van der Waals surface area (Å²) in [5.41, 5.74) is 5.42. The average molecular weight is 227 g/mol. The molecule has 0 bridgehead atoms. The summed E-state index contributed by atoms with van der Waals surface area (Å²) in [5.74, 6) is -0.272. The zero-order valence-electron chi connectivity index (χ0n) is 9.22. The molecular formula is C8H13N5O3. The van der Waals surface area contributed by atoms with E-state index in [0.29, 0.717) is 0 Å². The van der Waals surface area contributed by atoms with E-state index in [-0.39, 0.29) is 17.9 Å². The lowest BCUT2D eigenvalue weighted by Gasteiger charge is -2.11. The summed E-state index contributed by atoms with van der Waals surface area (Å²) in [5, 5.41) is 2.71. The maximum absolute atomic E-state index is 11.1. The van der Waals surface area contributed by atoms with Crippen LogP contribution in [-0.2, 0) is 9.53 Å². The number of hydrogen-bond donors (Lipinski definition) is 2. The molecule has 1 atom stereocenters. The lowest BCUT2D eigenvalue weighted by molar-refractivity contribution is -0.141. The van der Waals surface area contributed by atoms with Gasteiger partial charge in [0.1, 0.15) is 6.04 Å². The molecule has 1 rings (SSSR count). The quantitative estimate of drug-likeness (QED) is 0.658. The Morgan fingerprint density at radius 2 is 2.06 bits per heavy atom. The van der Waals surface area contributed by atoms with Crippen LogP contribution in [-0.4, -0.2) is 41.2 Å². The number of aromatic nitrogens is 3. The zero-order chi connectivity index (χ0) is 12.1. The summed E-state index contributed by atoms with van der Waals surface area (Å²) >= 11 is 0. The first-order chi connectivity index (χ1) is 7.56. The van der Waals surface area contributed by atoms with Crippen molar-refractivity contribution in [3.63, 3.8) is 0 Å². The molecule has 0 aromatic carbocycles. The van der Waals surface area contributed by atoms with Crippen molar-refractivity contribution in [1.29, 1.82) is 0 Å². The summed E-state index contributed by atoms with van der Waals surface area (Å²) in [6, 6.07) is -0.511. The lowest BCUT2D eigenvalue weighted by Crippen LogP contribution is -2.28. The molecule has 0 aliphatic rings. The number of rotatable bonds is 4. The molecule has 3 N–H and O–H groups in total. The fraction of sp³-hybridized carbons (Fsp3) is 0.500. The van der Waals surface area contributed by atoms with E-state index in [0.717, 1.165) is 0 Å². The predicted octanol–water partition coefficient (Wildman–Crippen LogP) is -0.564. The molecule has 1 aromatic heterocycles. The minimum Gasteiger partial charge on any atom is -0.467 e. The van der Waals surface area contributed by atoms with Crippen molar-refractivity contribution >= 4 is 17.9 Å². The number of nitrogens with one attached hydrogen (secondary N) is 1. The topological polar surface area (TPSA) is 112 Å². The summed E-state index contributed by atoms with van der Waals surface area (Å²) < 4.78 is 9.34. The highest BCUT2D eigenvalue weighted by Crippen LogP contribution is 2.09. The number of hydrogen-bond acceptors (Lipinski definition) is 8. The minimum absolute atomic E-state index is 0.00594. The second-order valence-electron chi connectivity index (χ2n) is 2.89. The van der Waals surface area contributed by atoms with Crippen LogP contribution in [0.4, 0.5) is 11.9 Å². The van der Waals surface area contributed by atoms with E-state index in [1.165, 1.54) is 14.2 Å². The van der Waals surface area contributed by atoms with Gasteiger partial charge >= 0.3 is 12.0 Å². The van der Waals surface area contributed by atoms with E-state index < -0.39 is 12.0 Å². The number of methoxy groups -OCH3 is 2. The normalized spacial score (nSPS) is 11.7. The smallest absolute Gasteiger partial charge is 0.328 e. The first-order valence-corrected chi connectivity index (χ1v) is 4.46. The monoisotopic (exact) mass is 227 g/mol. The highest BCUT2D eigenvalue weighted by molar-refractivity contribution is 5.77. The van der Waals surface area contributed by atoms with Crippen LogP contribution in [0.1, 0.15) is 6.92 Å². The molecule has 0 saturated heterocycles. The van der Waals surface area contributed by atoms with E-state index in [4.69, 9.17) is 10.5 Å². The maximum atomic E-state index is 11.1. The Kier molecular flexibility index (Phi) is 3.81. The van der Waals surface area contributed by atoms with Crippen molar-refractivity contribution in [3.8, 4) is 6.01 Å². The number of nitrogens with zero attached hydrogens (tertiary/aromatic N) is 3. The standard InChI is InChI=1S/C8H13N5O3/c1-4(5(14)15-2)10-7-11-6(9)12-8(13-7)16-3/h4H,1-3H3,(H3,9,10,11,12,13). The molecule has 0 aliphatic heterocycles. The van der Waals surface area contributed by atoms with Crippen LogP contribution in [0, 0.1) is 0 Å². The maximum Gasteiger partial charge on any atom is 0.328 e. The van der Waals surface area contributed by atoms with Gasteiger partial charge in [0.25, 0.3) is 0 Å². The van der Waals surface area contributed by atoms with Crippen LogP contribution in [0.5, 0.6) is 6.01 Å². The van der Waals surface area contributed by atoms with Crippen molar-refractivity contribution in [2.75, 3.05) is 25.3 Å². The van der Waals surface area contributed by atoms with Crippen LogP contribution in [0.3, 0.4) is 0 Å². The molecule has 1 aromatic rings. The molecule has 1 heterocycles. The summed E-state index contributed by atoms with van der Waals surface area (Å²) in [7, 11) is 2.70. The van der Waals surface area contributed by atoms with Gasteiger partial charge in [-0.05, 0) is 6.92 Å². The highest BCUT2D eigenvalue weighted by atomic mass is 16.5. The van der Waals surface area contributed by atoms with E-state index in [1.807, 2.05) is 0 Å². The van der Waals surface area contributed by atoms with Crippen LogP contribution in [0.15, 0.2) is 0 Å². The minimum atomic E-state index is -0.587. The van der Waals surface area contributed by atoms with Gasteiger partial charge in [0, 0.05) is 0 Å².